The fourth-order valence-corrected chi connectivity index (χ4v) is 4.05. The summed E-state index contributed by atoms with van der Waals surface area (Å²) in [6.07, 6.45) is 8.28. The molecule has 2 nitrogen and oxygen atoms in total. The Bertz CT molecular complexity index is 437. The van der Waals surface area contributed by atoms with Gasteiger partial charge in [-0.3, -0.25) is 0 Å². The van der Waals surface area contributed by atoms with Gasteiger partial charge in [0.2, 0.25) is 0 Å². The Morgan fingerprint density at radius 2 is 1.95 bits per heavy atom. The molecule has 1 saturated heterocycles. The number of anilines is 1. The van der Waals surface area contributed by atoms with Crippen LogP contribution in [0.15, 0.2) is 18.2 Å². The van der Waals surface area contributed by atoms with E-state index < -0.39 is 0 Å². The number of aliphatic hydroxyl groups excluding tert-OH is 1. The van der Waals surface area contributed by atoms with Crippen LogP contribution in [0, 0.1) is 12.8 Å². The second-order valence-corrected chi connectivity index (χ2v) is 6.24. The molecule has 0 bridgehead atoms. The summed E-state index contributed by atoms with van der Waals surface area (Å²) in [5.74, 6) is 0.885. The Hall–Kier alpha value is -1.02. The molecule has 0 amide bonds. The van der Waals surface area contributed by atoms with E-state index in [0.29, 0.717) is 0 Å². The first-order valence-electron chi connectivity index (χ1n) is 7.76. The highest BCUT2D eigenvalue weighted by Gasteiger charge is 2.34. The average molecular weight is 259 g/mol. The number of rotatable bonds is 3. The lowest BCUT2D eigenvalue weighted by atomic mass is 9.95. The number of aryl methyl sites for hydroxylation is 1. The van der Waals surface area contributed by atoms with E-state index in [4.69, 9.17) is 0 Å². The Labute approximate surface area is 116 Å². The highest BCUT2D eigenvalue weighted by atomic mass is 16.3. The van der Waals surface area contributed by atoms with Crippen LogP contribution in [0.3, 0.4) is 0 Å². The van der Waals surface area contributed by atoms with Crippen molar-refractivity contribution in [1.82, 2.24) is 0 Å². The van der Waals surface area contributed by atoms with E-state index in [9.17, 15) is 5.11 Å². The van der Waals surface area contributed by atoms with Crippen LogP contribution in [-0.2, 0) is 6.61 Å². The molecule has 2 aliphatic rings. The van der Waals surface area contributed by atoms with Crippen molar-refractivity contribution in [3.8, 4) is 0 Å². The van der Waals surface area contributed by atoms with Gasteiger partial charge in [0, 0.05) is 23.8 Å². The number of hydrogen-bond acceptors (Lipinski definition) is 2. The molecule has 0 radical (unpaired) electrons. The summed E-state index contributed by atoms with van der Waals surface area (Å²) in [5.41, 5.74) is 3.62. The SMILES string of the molecule is Cc1ccc(N2CCCC2C2CCCC2)c(CO)c1. The van der Waals surface area contributed by atoms with E-state index in [1.165, 1.54) is 49.8 Å². The summed E-state index contributed by atoms with van der Waals surface area (Å²) < 4.78 is 0. The van der Waals surface area contributed by atoms with Gasteiger partial charge in [0.25, 0.3) is 0 Å². The minimum atomic E-state index is 0.158. The minimum Gasteiger partial charge on any atom is -0.392 e. The molecule has 104 valence electrons. The Balaban J connectivity index is 1.87. The molecule has 3 rings (SSSR count). The van der Waals surface area contributed by atoms with Gasteiger partial charge in [-0.05, 0) is 44.6 Å². The van der Waals surface area contributed by atoms with Gasteiger partial charge in [0.05, 0.1) is 6.61 Å². The van der Waals surface area contributed by atoms with E-state index in [2.05, 4.69) is 30.0 Å². The fraction of sp³-hybridized carbons (Fsp3) is 0.647. The third-order valence-corrected chi connectivity index (χ3v) is 4.96. The maximum Gasteiger partial charge on any atom is 0.0702 e. The topological polar surface area (TPSA) is 23.5 Å². The van der Waals surface area contributed by atoms with E-state index in [-0.39, 0.29) is 6.61 Å². The van der Waals surface area contributed by atoms with Gasteiger partial charge in [0.15, 0.2) is 0 Å². The fourth-order valence-electron chi connectivity index (χ4n) is 4.05. The number of benzene rings is 1. The first-order chi connectivity index (χ1) is 9.29. The number of aliphatic hydroxyl groups is 1. The van der Waals surface area contributed by atoms with Crippen molar-refractivity contribution < 1.29 is 5.11 Å². The Morgan fingerprint density at radius 1 is 1.16 bits per heavy atom. The molecule has 1 saturated carbocycles. The summed E-state index contributed by atoms with van der Waals surface area (Å²) in [5, 5.41) is 9.63. The zero-order chi connectivity index (χ0) is 13.2. The molecule has 1 aromatic carbocycles. The van der Waals surface area contributed by atoms with Crippen LogP contribution in [-0.4, -0.2) is 17.7 Å². The molecule has 1 unspecified atom stereocenters. The Morgan fingerprint density at radius 3 is 2.68 bits per heavy atom. The third-order valence-electron chi connectivity index (χ3n) is 4.96. The summed E-state index contributed by atoms with van der Waals surface area (Å²) in [4.78, 5) is 2.58. The molecule has 0 aromatic heterocycles. The summed E-state index contributed by atoms with van der Waals surface area (Å²) in [7, 11) is 0. The van der Waals surface area contributed by atoms with Crippen LogP contribution in [0.4, 0.5) is 5.69 Å². The smallest absolute Gasteiger partial charge is 0.0702 e. The monoisotopic (exact) mass is 259 g/mol. The van der Waals surface area contributed by atoms with Crippen molar-refractivity contribution in [2.75, 3.05) is 11.4 Å². The zero-order valence-electron chi connectivity index (χ0n) is 11.9. The van der Waals surface area contributed by atoms with Gasteiger partial charge < -0.3 is 10.0 Å². The van der Waals surface area contributed by atoms with Crippen molar-refractivity contribution >= 4 is 5.69 Å². The molecule has 1 aliphatic heterocycles. The molecule has 19 heavy (non-hydrogen) atoms. The van der Waals surface area contributed by atoms with E-state index >= 15 is 0 Å². The predicted octanol–water partition coefficient (Wildman–Crippen LogP) is 3.65. The van der Waals surface area contributed by atoms with Crippen LogP contribution in [0.25, 0.3) is 0 Å². The van der Waals surface area contributed by atoms with Gasteiger partial charge >= 0.3 is 0 Å². The third kappa shape index (κ3) is 2.51. The van der Waals surface area contributed by atoms with Crippen LogP contribution in [0.1, 0.15) is 49.7 Å². The maximum atomic E-state index is 9.63. The van der Waals surface area contributed by atoms with E-state index in [1.807, 2.05) is 0 Å². The van der Waals surface area contributed by atoms with Crippen LogP contribution in [0.5, 0.6) is 0 Å². The molecule has 1 aromatic rings. The van der Waals surface area contributed by atoms with E-state index in [1.54, 1.807) is 0 Å². The van der Waals surface area contributed by atoms with Crippen LogP contribution < -0.4 is 4.90 Å². The second kappa shape index (κ2) is 5.54. The van der Waals surface area contributed by atoms with Crippen molar-refractivity contribution in [1.29, 1.82) is 0 Å². The number of hydrogen-bond donors (Lipinski definition) is 1. The molecule has 2 heteroatoms. The molecule has 1 atom stereocenters. The lowest BCUT2D eigenvalue weighted by Crippen LogP contribution is -2.35. The summed E-state index contributed by atoms with van der Waals surface area (Å²) in [6, 6.07) is 7.25. The molecule has 1 heterocycles. The lowest BCUT2D eigenvalue weighted by Gasteiger charge is -2.32. The lowest BCUT2D eigenvalue weighted by molar-refractivity contribution is 0.281. The normalized spacial score (nSPS) is 24.3. The van der Waals surface area contributed by atoms with Gasteiger partial charge in [-0.15, -0.1) is 0 Å². The molecular formula is C17H25NO. The highest BCUT2D eigenvalue weighted by molar-refractivity contribution is 5.56. The van der Waals surface area contributed by atoms with Crippen molar-refractivity contribution in [2.24, 2.45) is 5.92 Å². The molecule has 0 spiro atoms. The average Bonchev–Trinajstić information content (AvgIpc) is 3.08. The maximum absolute atomic E-state index is 9.63. The van der Waals surface area contributed by atoms with Crippen LogP contribution >= 0.6 is 0 Å². The van der Waals surface area contributed by atoms with Crippen molar-refractivity contribution in [3.63, 3.8) is 0 Å². The van der Waals surface area contributed by atoms with Gasteiger partial charge in [0.1, 0.15) is 0 Å². The first kappa shape index (κ1) is 13.0. The van der Waals surface area contributed by atoms with Crippen LogP contribution in [0.2, 0.25) is 0 Å². The standard InChI is InChI=1S/C17H25NO/c1-13-8-9-17(15(11-13)12-19)18-10-4-7-16(18)14-5-2-3-6-14/h8-9,11,14,16,19H,2-7,10,12H2,1H3. The second-order valence-electron chi connectivity index (χ2n) is 6.24. The number of nitrogens with zero attached hydrogens (tertiary/aromatic N) is 1. The quantitative estimate of drug-likeness (QED) is 0.895. The molecule has 1 N–H and O–H groups in total. The summed E-state index contributed by atoms with van der Waals surface area (Å²) >= 11 is 0. The molecule has 1 aliphatic carbocycles. The minimum absolute atomic E-state index is 0.158. The van der Waals surface area contributed by atoms with Gasteiger partial charge in [-0.25, -0.2) is 0 Å². The van der Waals surface area contributed by atoms with Crippen molar-refractivity contribution in [2.45, 2.75) is 58.1 Å². The Kier molecular flexibility index (Phi) is 3.79. The largest absolute Gasteiger partial charge is 0.392 e. The van der Waals surface area contributed by atoms with Gasteiger partial charge in [-0.2, -0.15) is 0 Å². The molecular weight excluding hydrogens is 234 g/mol. The molecule has 2 fully saturated rings. The predicted molar refractivity (Wildman–Crippen MR) is 79.4 cm³/mol. The summed E-state index contributed by atoms with van der Waals surface area (Å²) in [6.45, 7) is 3.42. The van der Waals surface area contributed by atoms with Gasteiger partial charge in [-0.1, -0.05) is 30.5 Å². The highest BCUT2D eigenvalue weighted by Crippen LogP contribution is 2.38. The zero-order valence-corrected chi connectivity index (χ0v) is 11.9. The van der Waals surface area contributed by atoms with E-state index in [0.717, 1.165) is 24.1 Å². The first-order valence-corrected chi connectivity index (χ1v) is 7.76. The van der Waals surface area contributed by atoms with Crippen molar-refractivity contribution in [3.05, 3.63) is 29.3 Å².